The van der Waals surface area contributed by atoms with Gasteiger partial charge in [0.05, 0.1) is 0 Å². The summed E-state index contributed by atoms with van der Waals surface area (Å²) in [5.74, 6) is -0.0133. The predicted molar refractivity (Wildman–Crippen MR) is 73.8 cm³/mol. The first-order chi connectivity index (χ1) is 8.60. The molecule has 2 N–H and O–H groups in total. The summed E-state index contributed by atoms with van der Waals surface area (Å²) in [6.45, 7) is 4.63. The molecule has 0 fully saturated rings. The maximum Gasteiger partial charge on any atom is 0.489 e. The molecule has 1 aromatic rings. The van der Waals surface area contributed by atoms with Crippen molar-refractivity contribution in [3.05, 3.63) is 22.3 Å². The molecule has 0 saturated heterocycles. The molecule has 0 aromatic heterocycles. The van der Waals surface area contributed by atoms with E-state index in [0.29, 0.717) is 16.7 Å². The summed E-state index contributed by atoms with van der Waals surface area (Å²) in [4.78, 5) is 0. The molecule has 0 spiro atoms. The van der Waals surface area contributed by atoms with Crippen LogP contribution in [-0.4, -0.2) is 25.6 Å². The van der Waals surface area contributed by atoms with Crippen molar-refractivity contribution >= 4 is 35.7 Å². The summed E-state index contributed by atoms with van der Waals surface area (Å²) in [5, 5.41) is 18.7. The highest BCUT2D eigenvalue weighted by molar-refractivity contribution is 7.81. The molecule has 0 bridgehead atoms. The lowest BCUT2D eigenvalue weighted by molar-refractivity contribution is 0.422. The van der Waals surface area contributed by atoms with Gasteiger partial charge in [-0.15, -0.1) is 0 Å². The maximum atomic E-state index is 12.7. The molecule has 1 rings (SSSR count). The van der Waals surface area contributed by atoms with Crippen LogP contribution in [0.4, 0.5) is 3.89 Å². The Balaban J connectivity index is 3.68. The zero-order valence-corrected chi connectivity index (χ0v) is 12.3. The Hall–Kier alpha value is -0.765. The van der Waals surface area contributed by atoms with Gasteiger partial charge in [-0.2, -0.15) is 21.0 Å². The van der Waals surface area contributed by atoms with Gasteiger partial charge >= 0.3 is 17.6 Å². The summed E-state index contributed by atoms with van der Waals surface area (Å²) < 4.78 is 38.3. The van der Waals surface area contributed by atoms with E-state index in [-0.39, 0.29) is 22.5 Å². The highest BCUT2D eigenvalue weighted by Gasteiger charge is 2.26. The van der Waals surface area contributed by atoms with Crippen LogP contribution in [0.5, 0.6) is 5.75 Å². The van der Waals surface area contributed by atoms with E-state index >= 15 is 0 Å². The van der Waals surface area contributed by atoms with Crippen LogP contribution in [0.15, 0.2) is 0 Å². The number of rotatable bonds is 4. The van der Waals surface area contributed by atoms with Gasteiger partial charge in [0.1, 0.15) is 0 Å². The molecule has 9 heteroatoms. The third kappa shape index (κ3) is 3.41. The number of thiol groups is 1. The molecule has 0 saturated carbocycles. The Morgan fingerprint density at radius 2 is 1.74 bits per heavy atom. The largest absolute Gasteiger partial charge is 0.489 e. The molecule has 0 aliphatic heterocycles. The van der Waals surface area contributed by atoms with Crippen molar-refractivity contribution in [1.82, 2.24) is 0 Å². The van der Waals surface area contributed by atoms with E-state index in [9.17, 15) is 22.4 Å². The predicted octanol–water partition coefficient (Wildman–Crippen LogP) is 0.315. The molecule has 1 aromatic carbocycles. The molecule has 5 nitrogen and oxygen atoms in total. The van der Waals surface area contributed by atoms with Gasteiger partial charge in [0.15, 0.2) is 5.75 Å². The summed E-state index contributed by atoms with van der Waals surface area (Å²) in [5.41, 5.74) is 1.78. The second-order valence-electron chi connectivity index (χ2n) is 4.10. The van der Waals surface area contributed by atoms with Crippen LogP contribution in [0.25, 0.3) is 0 Å². The van der Waals surface area contributed by atoms with Crippen molar-refractivity contribution in [3.8, 4) is 5.75 Å². The Bertz CT molecular complexity index is 601. The first-order valence-corrected chi connectivity index (χ1v) is 7.27. The summed E-state index contributed by atoms with van der Waals surface area (Å²) >= 11 is 4.10. The molecule has 0 amide bonds. The highest BCUT2D eigenvalue weighted by Crippen LogP contribution is 2.30. The zero-order valence-electron chi connectivity index (χ0n) is 10.6. The van der Waals surface area contributed by atoms with E-state index in [1.165, 1.54) is 6.92 Å². The van der Waals surface area contributed by atoms with Crippen LogP contribution in [-0.2, 0) is 16.3 Å². The molecular formula is C10H14BFO5S2. The van der Waals surface area contributed by atoms with E-state index in [2.05, 4.69) is 16.8 Å². The van der Waals surface area contributed by atoms with E-state index in [1.54, 1.807) is 13.8 Å². The number of hydrogen-bond donors (Lipinski definition) is 3. The number of halogens is 1. The lowest BCUT2D eigenvalue weighted by Crippen LogP contribution is -2.36. The third-order valence-corrected chi connectivity index (χ3v) is 3.68. The molecule has 0 unspecified atom stereocenters. The smallest absolute Gasteiger partial charge is 0.423 e. The van der Waals surface area contributed by atoms with Crippen LogP contribution < -0.4 is 9.65 Å². The zero-order chi connectivity index (χ0) is 15.0. The van der Waals surface area contributed by atoms with Gasteiger partial charge in [-0.05, 0) is 48.5 Å². The number of benzene rings is 1. The fourth-order valence-electron chi connectivity index (χ4n) is 2.11. The van der Waals surface area contributed by atoms with Crippen molar-refractivity contribution in [1.29, 1.82) is 0 Å². The summed E-state index contributed by atoms with van der Waals surface area (Å²) in [6.07, 6.45) is 0. The summed E-state index contributed by atoms with van der Waals surface area (Å²) in [6, 6.07) is 0. The fourth-order valence-corrected chi connectivity index (χ4v) is 3.04. The molecule has 0 radical (unpaired) electrons. The minimum atomic E-state index is -5.19. The first-order valence-electron chi connectivity index (χ1n) is 5.33. The van der Waals surface area contributed by atoms with E-state index in [1.807, 2.05) is 0 Å². The standard InChI is InChI=1S/C10H14BFO5S2/c1-5-8(4-18)6(2)10(17-19(12,15)16)7(3)9(5)11(13)14/h13-14,18H,4H2,1-3H3. The average Bonchev–Trinajstić information content (AvgIpc) is 2.23. The second kappa shape index (κ2) is 5.70. The van der Waals surface area contributed by atoms with Crippen LogP contribution in [0.2, 0.25) is 0 Å². The Morgan fingerprint density at radius 1 is 1.21 bits per heavy atom. The molecule has 0 heterocycles. The minimum absolute atomic E-state index is 0.0910. The highest BCUT2D eigenvalue weighted by atomic mass is 32.3. The van der Waals surface area contributed by atoms with Crippen LogP contribution in [0, 0.1) is 20.8 Å². The van der Waals surface area contributed by atoms with Crippen molar-refractivity contribution in [3.63, 3.8) is 0 Å². The monoisotopic (exact) mass is 308 g/mol. The van der Waals surface area contributed by atoms with Gasteiger partial charge in [-0.25, -0.2) is 0 Å². The molecular weight excluding hydrogens is 294 g/mol. The SMILES string of the molecule is Cc1c(CS)c(C)c(B(O)O)c(C)c1OS(=O)(=O)F. The van der Waals surface area contributed by atoms with Gasteiger partial charge in [0.25, 0.3) is 0 Å². The van der Waals surface area contributed by atoms with Gasteiger partial charge in [-0.1, -0.05) is 3.89 Å². The first kappa shape index (κ1) is 16.3. The lowest BCUT2D eigenvalue weighted by Gasteiger charge is -2.19. The topological polar surface area (TPSA) is 83.8 Å². The summed E-state index contributed by atoms with van der Waals surface area (Å²) in [7, 11) is -7.01. The van der Waals surface area contributed by atoms with Gasteiger partial charge < -0.3 is 14.2 Å². The van der Waals surface area contributed by atoms with Crippen molar-refractivity contribution in [2.24, 2.45) is 0 Å². The van der Waals surface area contributed by atoms with Crippen LogP contribution in [0.1, 0.15) is 22.3 Å². The Kier molecular flexibility index (Phi) is 4.89. The quantitative estimate of drug-likeness (QED) is 0.424. The van der Waals surface area contributed by atoms with Crippen LogP contribution >= 0.6 is 12.6 Å². The average molecular weight is 308 g/mol. The van der Waals surface area contributed by atoms with Crippen molar-refractivity contribution < 1.29 is 26.5 Å². The van der Waals surface area contributed by atoms with Gasteiger partial charge in [0, 0.05) is 5.75 Å². The minimum Gasteiger partial charge on any atom is -0.423 e. The third-order valence-electron chi connectivity index (χ3n) is 2.99. The van der Waals surface area contributed by atoms with E-state index in [0.717, 1.165) is 0 Å². The molecule has 19 heavy (non-hydrogen) atoms. The molecule has 106 valence electrons. The lowest BCUT2D eigenvalue weighted by atomic mass is 9.72. The van der Waals surface area contributed by atoms with E-state index < -0.39 is 17.6 Å². The normalized spacial score (nSPS) is 11.5. The van der Waals surface area contributed by atoms with Crippen LogP contribution in [0.3, 0.4) is 0 Å². The molecule has 0 aliphatic carbocycles. The Labute approximate surface area is 117 Å². The van der Waals surface area contributed by atoms with Gasteiger partial charge in [0.2, 0.25) is 0 Å². The second-order valence-corrected chi connectivity index (χ2v) is 5.37. The van der Waals surface area contributed by atoms with Gasteiger partial charge in [-0.3, -0.25) is 0 Å². The Morgan fingerprint density at radius 3 is 2.11 bits per heavy atom. The molecule has 0 atom stereocenters. The fraction of sp³-hybridized carbons (Fsp3) is 0.400. The van der Waals surface area contributed by atoms with E-state index in [4.69, 9.17) is 0 Å². The van der Waals surface area contributed by atoms with Crippen molar-refractivity contribution in [2.45, 2.75) is 26.5 Å². The molecule has 0 aliphatic rings. The van der Waals surface area contributed by atoms with Crippen molar-refractivity contribution in [2.75, 3.05) is 0 Å². The number of hydrogen-bond acceptors (Lipinski definition) is 6. The maximum absolute atomic E-state index is 12.7.